The molecule has 0 amide bonds. The van der Waals surface area contributed by atoms with Gasteiger partial charge < -0.3 is 5.32 Å². The minimum absolute atomic E-state index is 0.0378. The van der Waals surface area contributed by atoms with E-state index in [1.54, 1.807) is 24.5 Å². The molecule has 138 valence electrons. The molecule has 0 atom stereocenters. The minimum atomic E-state index is -0.425. The highest BCUT2D eigenvalue weighted by Crippen LogP contribution is 2.29. The molecule has 0 aliphatic rings. The standard InChI is InChI=1S/C20H16N6O2/c27-26(28)17-11-12-18(23-20(17)15-7-3-1-4-8-15)21-13-19-24-22-14-25(19)16-9-5-2-6-10-16/h1-12,14H,13H2,(H,21,23). The molecular formula is C20H16N6O2. The van der Waals surface area contributed by atoms with Crippen LogP contribution in [-0.2, 0) is 6.54 Å². The van der Waals surface area contributed by atoms with Gasteiger partial charge in [-0.25, -0.2) is 4.98 Å². The topological polar surface area (TPSA) is 98.8 Å². The first-order valence-electron chi connectivity index (χ1n) is 8.61. The number of aromatic nitrogens is 4. The van der Waals surface area contributed by atoms with Gasteiger partial charge in [0.05, 0.1) is 11.5 Å². The lowest BCUT2D eigenvalue weighted by Crippen LogP contribution is -2.08. The second-order valence-electron chi connectivity index (χ2n) is 5.99. The van der Waals surface area contributed by atoms with Crippen LogP contribution in [0.2, 0.25) is 0 Å². The summed E-state index contributed by atoms with van der Waals surface area (Å²) in [6.07, 6.45) is 1.64. The van der Waals surface area contributed by atoms with Gasteiger partial charge in [-0.3, -0.25) is 14.7 Å². The number of hydrogen-bond acceptors (Lipinski definition) is 6. The Hall–Kier alpha value is -4.07. The van der Waals surface area contributed by atoms with Crippen LogP contribution < -0.4 is 5.32 Å². The van der Waals surface area contributed by atoms with Gasteiger partial charge in [0, 0.05) is 17.3 Å². The Morgan fingerprint density at radius 1 is 0.964 bits per heavy atom. The number of benzene rings is 2. The molecule has 0 radical (unpaired) electrons. The number of rotatable bonds is 6. The second kappa shape index (κ2) is 7.67. The fraction of sp³-hybridized carbons (Fsp3) is 0.0500. The molecule has 0 aliphatic carbocycles. The molecule has 0 fully saturated rings. The second-order valence-corrected chi connectivity index (χ2v) is 5.99. The molecule has 8 heteroatoms. The molecule has 4 rings (SSSR count). The van der Waals surface area contributed by atoms with Crippen molar-refractivity contribution in [3.05, 3.63) is 95.1 Å². The third kappa shape index (κ3) is 3.56. The SMILES string of the molecule is O=[N+]([O-])c1ccc(NCc2nncn2-c2ccccc2)nc1-c1ccccc1. The Morgan fingerprint density at radius 2 is 1.68 bits per heavy atom. The molecular weight excluding hydrogens is 356 g/mol. The van der Waals surface area contributed by atoms with E-state index in [2.05, 4.69) is 20.5 Å². The van der Waals surface area contributed by atoms with Crippen molar-refractivity contribution in [2.75, 3.05) is 5.32 Å². The van der Waals surface area contributed by atoms with Gasteiger partial charge in [0.15, 0.2) is 11.5 Å². The molecule has 4 aromatic rings. The predicted molar refractivity (Wildman–Crippen MR) is 105 cm³/mol. The molecule has 0 saturated carbocycles. The van der Waals surface area contributed by atoms with Crippen LogP contribution in [0.25, 0.3) is 16.9 Å². The van der Waals surface area contributed by atoms with Crippen molar-refractivity contribution in [3.8, 4) is 16.9 Å². The molecule has 1 N–H and O–H groups in total. The quantitative estimate of drug-likeness (QED) is 0.408. The highest BCUT2D eigenvalue weighted by molar-refractivity contribution is 5.71. The monoisotopic (exact) mass is 372 g/mol. The summed E-state index contributed by atoms with van der Waals surface area (Å²) in [7, 11) is 0. The maximum Gasteiger partial charge on any atom is 0.295 e. The number of pyridine rings is 1. The maximum atomic E-state index is 11.4. The van der Waals surface area contributed by atoms with Gasteiger partial charge in [-0.2, -0.15) is 0 Å². The summed E-state index contributed by atoms with van der Waals surface area (Å²) < 4.78 is 1.87. The van der Waals surface area contributed by atoms with Gasteiger partial charge in [-0.1, -0.05) is 48.5 Å². The van der Waals surface area contributed by atoms with Crippen LogP contribution in [0.4, 0.5) is 11.5 Å². The molecule has 0 unspecified atom stereocenters. The summed E-state index contributed by atoms with van der Waals surface area (Å²) >= 11 is 0. The van der Waals surface area contributed by atoms with Gasteiger partial charge in [-0.05, 0) is 18.2 Å². The number of nitro groups is 1. The van der Waals surface area contributed by atoms with Crippen molar-refractivity contribution in [1.82, 2.24) is 19.7 Å². The van der Waals surface area contributed by atoms with E-state index < -0.39 is 4.92 Å². The fourth-order valence-corrected chi connectivity index (χ4v) is 2.86. The van der Waals surface area contributed by atoms with E-state index in [0.717, 1.165) is 5.69 Å². The summed E-state index contributed by atoms with van der Waals surface area (Å²) in [5.74, 6) is 1.22. The van der Waals surface area contributed by atoms with Crippen molar-refractivity contribution in [1.29, 1.82) is 0 Å². The van der Waals surface area contributed by atoms with E-state index in [0.29, 0.717) is 29.4 Å². The van der Waals surface area contributed by atoms with Crippen LogP contribution in [0, 0.1) is 10.1 Å². The lowest BCUT2D eigenvalue weighted by atomic mass is 10.1. The first-order valence-corrected chi connectivity index (χ1v) is 8.61. The Morgan fingerprint density at radius 3 is 2.39 bits per heavy atom. The van der Waals surface area contributed by atoms with Gasteiger partial charge in [0.2, 0.25) is 0 Å². The van der Waals surface area contributed by atoms with E-state index in [9.17, 15) is 10.1 Å². The van der Waals surface area contributed by atoms with Crippen LogP contribution in [0.5, 0.6) is 0 Å². The van der Waals surface area contributed by atoms with Gasteiger partial charge >= 0.3 is 0 Å². The zero-order valence-corrected chi connectivity index (χ0v) is 14.8. The number of nitrogens with one attached hydrogen (secondary N) is 1. The summed E-state index contributed by atoms with van der Waals surface area (Å²) in [6, 6.07) is 21.9. The molecule has 2 aromatic carbocycles. The maximum absolute atomic E-state index is 11.4. The zero-order chi connectivity index (χ0) is 19.3. The Balaban J connectivity index is 1.60. The largest absolute Gasteiger partial charge is 0.363 e. The number of hydrogen-bond donors (Lipinski definition) is 1. The van der Waals surface area contributed by atoms with Gasteiger partial charge in [0.25, 0.3) is 5.69 Å². The Labute approximate surface area is 160 Å². The van der Waals surface area contributed by atoms with E-state index in [4.69, 9.17) is 0 Å². The lowest BCUT2D eigenvalue weighted by Gasteiger charge is -2.10. The molecule has 0 bridgehead atoms. The van der Waals surface area contributed by atoms with E-state index in [1.165, 1.54) is 6.07 Å². The van der Waals surface area contributed by atoms with Gasteiger partial charge in [0.1, 0.15) is 12.1 Å². The average molecular weight is 372 g/mol. The molecule has 0 aliphatic heterocycles. The molecule has 2 heterocycles. The van der Waals surface area contributed by atoms with Gasteiger partial charge in [-0.15, -0.1) is 10.2 Å². The highest BCUT2D eigenvalue weighted by Gasteiger charge is 2.18. The van der Waals surface area contributed by atoms with Crippen molar-refractivity contribution >= 4 is 11.5 Å². The van der Waals surface area contributed by atoms with Crippen LogP contribution >= 0.6 is 0 Å². The third-order valence-electron chi connectivity index (χ3n) is 4.20. The van der Waals surface area contributed by atoms with Crippen LogP contribution in [-0.4, -0.2) is 24.7 Å². The van der Waals surface area contributed by atoms with Crippen LogP contribution in [0.15, 0.2) is 79.1 Å². The van der Waals surface area contributed by atoms with Crippen LogP contribution in [0.3, 0.4) is 0 Å². The predicted octanol–water partition coefficient (Wildman–Crippen LogP) is 3.85. The molecule has 2 aromatic heterocycles. The summed E-state index contributed by atoms with van der Waals surface area (Å²) in [6.45, 7) is 0.369. The average Bonchev–Trinajstić information content (AvgIpc) is 3.22. The Bertz CT molecular complexity index is 1100. The summed E-state index contributed by atoms with van der Waals surface area (Å²) in [5, 5.41) is 22.7. The molecule has 28 heavy (non-hydrogen) atoms. The first kappa shape index (κ1) is 17.3. The lowest BCUT2D eigenvalue weighted by molar-refractivity contribution is -0.384. The number of anilines is 1. The van der Waals surface area contributed by atoms with E-state index in [-0.39, 0.29) is 5.69 Å². The van der Waals surface area contributed by atoms with Crippen molar-refractivity contribution in [2.24, 2.45) is 0 Å². The molecule has 8 nitrogen and oxygen atoms in total. The summed E-state index contributed by atoms with van der Waals surface area (Å²) in [4.78, 5) is 15.4. The normalized spacial score (nSPS) is 10.6. The number of nitrogens with zero attached hydrogens (tertiary/aromatic N) is 5. The van der Waals surface area contributed by atoms with Crippen molar-refractivity contribution in [2.45, 2.75) is 6.54 Å². The molecule has 0 saturated heterocycles. The van der Waals surface area contributed by atoms with Crippen molar-refractivity contribution in [3.63, 3.8) is 0 Å². The zero-order valence-electron chi connectivity index (χ0n) is 14.8. The summed E-state index contributed by atoms with van der Waals surface area (Å²) in [5.41, 5.74) is 1.92. The molecule has 0 spiro atoms. The minimum Gasteiger partial charge on any atom is -0.363 e. The number of para-hydroxylation sites is 1. The van der Waals surface area contributed by atoms with Crippen molar-refractivity contribution < 1.29 is 4.92 Å². The highest BCUT2D eigenvalue weighted by atomic mass is 16.6. The fourth-order valence-electron chi connectivity index (χ4n) is 2.86. The van der Waals surface area contributed by atoms with E-state index in [1.807, 2.05) is 53.1 Å². The van der Waals surface area contributed by atoms with Crippen LogP contribution in [0.1, 0.15) is 5.82 Å². The Kier molecular flexibility index (Phi) is 4.75. The van der Waals surface area contributed by atoms with E-state index >= 15 is 0 Å². The third-order valence-corrected chi connectivity index (χ3v) is 4.20. The first-order chi connectivity index (χ1) is 13.7. The smallest absolute Gasteiger partial charge is 0.295 e.